The highest BCUT2D eigenvalue weighted by atomic mass is 35.5. The molecular formula is C18H20ClF2N3O3. The molecule has 0 aliphatic carbocycles. The Hall–Kier alpha value is -2.40. The lowest BCUT2D eigenvalue weighted by Gasteiger charge is -2.51. The van der Waals surface area contributed by atoms with Gasteiger partial charge in [-0.15, -0.1) is 11.6 Å². The van der Waals surface area contributed by atoms with Gasteiger partial charge in [-0.2, -0.15) is 5.26 Å². The predicted octanol–water partition coefficient (Wildman–Crippen LogP) is 3.05. The molecule has 0 N–H and O–H groups in total. The lowest BCUT2D eigenvalue weighted by molar-refractivity contribution is -0.140. The van der Waals surface area contributed by atoms with E-state index in [9.17, 15) is 23.6 Å². The van der Waals surface area contributed by atoms with Crippen molar-refractivity contribution in [1.82, 2.24) is 9.80 Å². The second-order valence-electron chi connectivity index (χ2n) is 7.34. The first-order valence-electron chi connectivity index (χ1n) is 8.21. The molecule has 1 heterocycles. The molecule has 0 saturated carbocycles. The Kier molecular flexibility index (Phi) is 5.95. The zero-order valence-electron chi connectivity index (χ0n) is 15.3. The van der Waals surface area contributed by atoms with Crippen LogP contribution in [-0.2, 0) is 16.1 Å². The Morgan fingerprint density at radius 1 is 1.33 bits per heavy atom. The van der Waals surface area contributed by atoms with E-state index in [0.717, 1.165) is 12.1 Å². The van der Waals surface area contributed by atoms with E-state index in [1.165, 1.54) is 15.9 Å². The fraction of sp³-hybridized carbons (Fsp3) is 0.500. The SMILES string of the molecule is CC(C)(C)OC(=O)N1CC(C#N)(N(Cc2ccc(F)c(F)c2)C(=O)CCl)C1. The minimum atomic E-state index is -1.31. The van der Waals surface area contributed by atoms with Crippen LogP contribution in [0.3, 0.4) is 0 Å². The molecule has 1 aromatic rings. The van der Waals surface area contributed by atoms with Gasteiger partial charge in [-0.1, -0.05) is 6.07 Å². The van der Waals surface area contributed by atoms with Crippen molar-refractivity contribution in [2.45, 2.75) is 38.5 Å². The molecule has 9 heteroatoms. The molecule has 0 radical (unpaired) electrons. The fourth-order valence-corrected chi connectivity index (χ4v) is 2.86. The van der Waals surface area contributed by atoms with Gasteiger partial charge >= 0.3 is 6.09 Å². The number of carbonyl (C=O) groups is 2. The smallest absolute Gasteiger partial charge is 0.410 e. The van der Waals surface area contributed by atoms with E-state index >= 15 is 0 Å². The van der Waals surface area contributed by atoms with Crippen molar-refractivity contribution in [3.05, 3.63) is 35.4 Å². The fourth-order valence-electron chi connectivity index (χ4n) is 2.71. The van der Waals surface area contributed by atoms with E-state index < -0.39 is 34.8 Å². The normalized spacial score (nSPS) is 15.5. The Balaban J connectivity index is 2.20. The number of amides is 2. The molecule has 1 saturated heterocycles. The van der Waals surface area contributed by atoms with Gasteiger partial charge in [0.15, 0.2) is 17.2 Å². The minimum Gasteiger partial charge on any atom is -0.444 e. The number of carbonyl (C=O) groups excluding carboxylic acids is 2. The number of likely N-dealkylation sites (tertiary alicyclic amines) is 1. The molecule has 0 aromatic heterocycles. The third-order valence-corrected chi connectivity index (χ3v) is 4.25. The van der Waals surface area contributed by atoms with Crippen LogP contribution < -0.4 is 0 Å². The van der Waals surface area contributed by atoms with E-state index in [1.807, 2.05) is 0 Å². The molecule has 27 heavy (non-hydrogen) atoms. The average Bonchev–Trinajstić information content (AvgIpc) is 2.54. The standard InChI is InChI=1S/C18H20ClF2N3O3/c1-17(2,3)27-16(26)23-10-18(9-22,11-23)24(15(25)7-19)8-12-4-5-13(20)14(21)6-12/h4-6H,7-8,10-11H2,1-3H3. The number of hydrogen-bond acceptors (Lipinski definition) is 4. The number of nitrogens with zero attached hydrogens (tertiary/aromatic N) is 3. The quantitative estimate of drug-likeness (QED) is 0.729. The first-order valence-corrected chi connectivity index (χ1v) is 8.74. The van der Waals surface area contributed by atoms with Gasteiger partial charge in [0.1, 0.15) is 11.5 Å². The van der Waals surface area contributed by atoms with Gasteiger partial charge in [0.2, 0.25) is 5.91 Å². The minimum absolute atomic E-state index is 0.0648. The molecule has 1 aromatic carbocycles. The van der Waals surface area contributed by atoms with Gasteiger partial charge < -0.3 is 14.5 Å². The number of benzene rings is 1. The molecule has 0 unspecified atom stereocenters. The summed E-state index contributed by atoms with van der Waals surface area (Å²) >= 11 is 5.66. The summed E-state index contributed by atoms with van der Waals surface area (Å²) in [6, 6.07) is 5.28. The maximum atomic E-state index is 13.5. The first-order chi connectivity index (χ1) is 12.5. The van der Waals surface area contributed by atoms with Crippen molar-refractivity contribution >= 4 is 23.6 Å². The van der Waals surface area contributed by atoms with Crippen LogP contribution in [0.5, 0.6) is 0 Å². The van der Waals surface area contributed by atoms with Crippen molar-refractivity contribution in [3.63, 3.8) is 0 Å². The second kappa shape index (κ2) is 7.69. The van der Waals surface area contributed by atoms with Crippen LogP contribution in [0.25, 0.3) is 0 Å². The summed E-state index contributed by atoms with van der Waals surface area (Å²) in [5.41, 5.74) is -1.70. The Bertz CT molecular complexity index is 783. The number of nitriles is 1. The van der Waals surface area contributed by atoms with Crippen LogP contribution >= 0.6 is 11.6 Å². The van der Waals surface area contributed by atoms with Gasteiger partial charge in [-0.25, -0.2) is 13.6 Å². The number of hydrogen-bond donors (Lipinski definition) is 0. The summed E-state index contributed by atoms with van der Waals surface area (Å²) in [5, 5.41) is 9.66. The van der Waals surface area contributed by atoms with Crippen LogP contribution in [-0.4, -0.2) is 51.9 Å². The number of alkyl halides is 1. The maximum Gasteiger partial charge on any atom is 0.410 e. The zero-order chi connectivity index (χ0) is 20.4. The average molecular weight is 400 g/mol. The van der Waals surface area contributed by atoms with Crippen molar-refractivity contribution in [2.24, 2.45) is 0 Å². The molecule has 6 nitrogen and oxygen atoms in total. The van der Waals surface area contributed by atoms with Gasteiger partial charge in [0.05, 0.1) is 19.2 Å². The van der Waals surface area contributed by atoms with Crippen molar-refractivity contribution in [1.29, 1.82) is 5.26 Å². The summed E-state index contributed by atoms with van der Waals surface area (Å²) in [4.78, 5) is 26.9. The molecule has 2 amide bonds. The molecular weight excluding hydrogens is 380 g/mol. The summed E-state index contributed by atoms with van der Waals surface area (Å²) in [6.07, 6.45) is -0.598. The monoisotopic (exact) mass is 399 g/mol. The molecule has 1 fully saturated rings. The molecule has 1 aliphatic heterocycles. The van der Waals surface area contributed by atoms with Crippen LogP contribution in [0.15, 0.2) is 18.2 Å². The summed E-state index contributed by atoms with van der Waals surface area (Å²) in [5.74, 6) is -3.00. The highest BCUT2D eigenvalue weighted by Gasteiger charge is 2.52. The van der Waals surface area contributed by atoms with Gasteiger partial charge in [0, 0.05) is 6.54 Å². The van der Waals surface area contributed by atoms with E-state index in [0.29, 0.717) is 5.56 Å². The topological polar surface area (TPSA) is 73.6 Å². The Morgan fingerprint density at radius 3 is 2.44 bits per heavy atom. The van der Waals surface area contributed by atoms with E-state index in [4.69, 9.17) is 16.3 Å². The third kappa shape index (κ3) is 4.66. The zero-order valence-corrected chi connectivity index (χ0v) is 16.0. The molecule has 0 bridgehead atoms. The molecule has 146 valence electrons. The Morgan fingerprint density at radius 2 is 1.96 bits per heavy atom. The highest BCUT2D eigenvalue weighted by Crippen LogP contribution is 2.31. The molecule has 1 aliphatic rings. The largest absolute Gasteiger partial charge is 0.444 e. The number of halogens is 3. The lowest BCUT2D eigenvalue weighted by Crippen LogP contribution is -2.71. The second-order valence-corrected chi connectivity index (χ2v) is 7.61. The number of rotatable bonds is 4. The maximum absolute atomic E-state index is 13.5. The number of ether oxygens (including phenoxy) is 1. The van der Waals surface area contributed by atoms with Crippen LogP contribution in [0, 0.1) is 23.0 Å². The molecule has 0 atom stereocenters. The molecule has 0 spiro atoms. The summed E-state index contributed by atoms with van der Waals surface area (Å²) < 4.78 is 31.9. The van der Waals surface area contributed by atoms with Crippen molar-refractivity contribution in [2.75, 3.05) is 19.0 Å². The van der Waals surface area contributed by atoms with Crippen molar-refractivity contribution < 1.29 is 23.1 Å². The summed E-state index contributed by atoms with van der Waals surface area (Å²) in [7, 11) is 0. The van der Waals surface area contributed by atoms with Gasteiger partial charge in [-0.05, 0) is 38.5 Å². The van der Waals surface area contributed by atoms with E-state index in [2.05, 4.69) is 6.07 Å². The van der Waals surface area contributed by atoms with Crippen molar-refractivity contribution in [3.8, 4) is 6.07 Å². The summed E-state index contributed by atoms with van der Waals surface area (Å²) in [6.45, 7) is 4.88. The van der Waals surface area contributed by atoms with Gasteiger partial charge in [0.25, 0.3) is 0 Å². The van der Waals surface area contributed by atoms with Crippen LogP contribution in [0.2, 0.25) is 0 Å². The van der Waals surface area contributed by atoms with E-state index in [1.54, 1.807) is 20.8 Å². The third-order valence-electron chi connectivity index (χ3n) is 4.02. The highest BCUT2D eigenvalue weighted by molar-refractivity contribution is 6.27. The van der Waals surface area contributed by atoms with E-state index in [-0.39, 0.29) is 25.5 Å². The lowest BCUT2D eigenvalue weighted by atomic mass is 9.89. The van der Waals surface area contributed by atoms with Crippen LogP contribution in [0.1, 0.15) is 26.3 Å². The van der Waals surface area contributed by atoms with Gasteiger partial charge in [-0.3, -0.25) is 4.79 Å². The first kappa shape index (κ1) is 20.9. The van der Waals surface area contributed by atoms with Crippen LogP contribution in [0.4, 0.5) is 13.6 Å². The molecule has 2 rings (SSSR count). The predicted molar refractivity (Wildman–Crippen MR) is 93.8 cm³/mol. The Labute approximate surface area is 161 Å².